The molecule has 4 N–H and O–H groups in total. The van der Waals surface area contributed by atoms with Gasteiger partial charge in [0.25, 0.3) is 5.91 Å². The number of aryl methyl sites for hydroxylation is 1. The smallest absolute Gasteiger partial charge is 0.258 e. The number of nitrogens with two attached hydrogens (primary N) is 1. The van der Waals surface area contributed by atoms with Crippen molar-refractivity contribution < 1.29 is 13.6 Å². The zero-order valence-electron chi connectivity index (χ0n) is 10.9. The minimum Gasteiger partial charge on any atom is -0.322 e. The molecule has 0 fully saturated rings. The number of nitrogens with zero attached hydrogens (tertiary/aromatic N) is 1. The third kappa shape index (κ3) is 3.17. The lowest BCUT2D eigenvalue weighted by Crippen LogP contribution is -2.18. The van der Waals surface area contributed by atoms with Gasteiger partial charge in [0.2, 0.25) is 0 Å². The number of pyridine rings is 1. The minimum atomic E-state index is -0.882. The molecular formula is C13H11BrF2N4O. The van der Waals surface area contributed by atoms with Gasteiger partial charge in [-0.15, -0.1) is 0 Å². The number of amides is 1. The van der Waals surface area contributed by atoms with E-state index in [1.807, 2.05) is 0 Å². The summed E-state index contributed by atoms with van der Waals surface area (Å²) in [7, 11) is 0. The van der Waals surface area contributed by atoms with E-state index in [-0.39, 0.29) is 21.5 Å². The Labute approximate surface area is 127 Å². The molecule has 2 rings (SSSR count). The van der Waals surface area contributed by atoms with Crippen LogP contribution < -0.4 is 16.6 Å². The van der Waals surface area contributed by atoms with Gasteiger partial charge in [0, 0.05) is 11.9 Å². The molecule has 5 nitrogen and oxygen atoms in total. The largest absolute Gasteiger partial charge is 0.322 e. The second-order valence-corrected chi connectivity index (χ2v) is 5.06. The number of carbonyl (C=O) groups excluding carboxylic acids is 1. The third-order valence-electron chi connectivity index (χ3n) is 2.79. The van der Waals surface area contributed by atoms with Crippen LogP contribution in [-0.4, -0.2) is 10.9 Å². The first-order valence-corrected chi connectivity index (χ1v) is 6.61. The molecule has 0 spiro atoms. The minimum absolute atomic E-state index is 0.249. The zero-order valence-corrected chi connectivity index (χ0v) is 12.5. The molecule has 110 valence electrons. The SMILES string of the molecule is Cc1cc(Br)c(F)cc1NC(=O)c1ccnc(NN)c1F. The Bertz CT molecular complexity index is 709. The monoisotopic (exact) mass is 356 g/mol. The van der Waals surface area contributed by atoms with Gasteiger partial charge in [-0.05, 0) is 46.6 Å². The number of hydrogen-bond donors (Lipinski definition) is 3. The van der Waals surface area contributed by atoms with E-state index in [4.69, 9.17) is 5.84 Å². The summed E-state index contributed by atoms with van der Waals surface area (Å²) in [6.45, 7) is 1.69. The van der Waals surface area contributed by atoms with Crippen molar-refractivity contribution in [2.24, 2.45) is 5.84 Å². The summed E-state index contributed by atoms with van der Waals surface area (Å²) < 4.78 is 27.7. The van der Waals surface area contributed by atoms with E-state index < -0.39 is 17.5 Å². The van der Waals surface area contributed by atoms with E-state index in [1.165, 1.54) is 18.3 Å². The number of halogens is 3. The van der Waals surface area contributed by atoms with Gasteiger partial charge in [-0.25, -0.2) is 19.6 Å². The fourth-order valence-electron chi connectivity index (χ4n) is 1.69. The first-order valence-electron chi connectivity index (χ1n) is 5.82. The molecule has 0 aliphatic heterocycles. The molecule has 0 unspecified atom stereocenters. The lowest BCUT2D eigenvalue weighted by Gasteiger charge is -2.11. The molecule has 0 bridgehead atoms. The quantitative estimate of drug-likeness (QED) is 0.583. The van der Waals surface area contributed by atoms with Crippen LogP contribution in [0.25, 0.3) is 0 Å². The fraction of sp³-hybridized carbons (Fsp3) is 0.0769. The fourth-order valence-corrected chi connectivity index (χ4v) is 2.15. The molecule has 8 heteroatoms. The Morgan fingerprint density at radius 1 is 1.38 bits per heavy atom. The summed E-state index contributed by atoms with van der Waals surface area (Å²) in [5.41, 5.74) is 2.68. The van der Waals surface area contributed by atoms with Gasteiger partial charge in [0.05, 0.1) is 10.0 Å². The maximum atomic E-state index is 13.9. The second kappa shape index (κ2) is 6.15. The van der Waals surface area contributed by atoms with Crippen LogP contribution in [0, 0.1) is 18.6 Å². The highest BCUT2D eigenvalue weighted by Crippen LogP contribution is 2.25. The van der Waals surface area contributed by atoms with E-state index >= 15 is 0 Å². The average molecular weight is 357 g/mol. The van der Waals surface area contributed by atoms with Crippen molar-refractivity contribution in [3.8, 4) is 0 Å². The van der Waals surface area contributed by atoms with E-state index in [0.717, 1.165) is 6.07 Å². The Morgan fingerprint density at radius 2 is 2.10 bits per heavy atom. The normalized spacial score (nSPS) is 10.3. The Balaban J connectivity index is 2.33. The van der Waals surface area contributed by atoms with E-state index in [1.54, 1.807) is 6.92 Å². The molecule has 0 aliphatic carbocycles. The van der Waals surface area contributed by atoms with Crippen molar-refractivity contribution in [1.82, 2.24) is 4.98 Å². The van der Waals surface area contributed by atoms with Crippen LogP contribution in [0.4, 0.5) is 20.3 Å². The van der Waals surface area contributed by atoms with Crippen LogP contribution in [0.2, 0.25) is 0 Å². The molecule has 1 amide bonds. The van der Waals surface area contributed by atoms with Crippen molar-refractivity contribution in [3.63, 3.8) is 0 Å². The maximum Gasteiger partial charge on any atom is 0.258 e. The molecule has 1 aromatic heterocycles. The lowest BCUT2D eigenvalue weighted by atomic mass is 10.1. The summed E-state index contributed by atoms with van der Waals surface area (Å²) >= 11 is 3.04. The van der Waals surface area contributed by atoms with Crippen LogP contribution in [0.3, 0.4) is 0 Å². The standard InChI is InChI=1S/C13H11BrF2N4O/c1-6-4-8(14)9(15)5-10(6)19-13(21)7-2-3-18-12(20-17)11(7)16/h2-5H,17H2,1H3,(H,18,20)(H,19,21). The molecule has 0 atom stereocenters. The predicted molar refractivity (Wildman–Crippen MR) is 78.8 cm³/mol. The molecule has 21 heavy (non-hydrogen) atoms. The van der Waals surface area contributed by atoms with Crippen LogP contribution in [0.5, 0.6) is 0 Å². The van der Waals surface area contributed by atoms with Gasteiger partial charge in [-0.3, -0.25) is 4.79 Å². The summed E-state index contributed by atoms with van der Waals surface area (Å²) in [4.78, 5) is 15.7. The van der Waals surface area contributed by atoms with Gasteiger partial charge in [0.15, 0.2) is 11.6 Å². The topological polar surface area (TPSA) is 80.0 Å². The number of anilines is 2. The number of nitrogens with one attached hydrogen (secondary N) is 2. The highest BCUT2D eigenvalue weighted by atomic mass is 79.9. The first kappa shape index (κ1) is 15.3. The molecule has 0 radical (unpaired) electrons. The van der Waals surface area contributed by atoms with Crippen molar-refractivity contribution >= 4 is 33.3 Å². The summed E-state index contributed by atoms with van der Waals surface area (Å²) in [5, 5.41) is 2.45. The predicted octanol–water partition coefficient (Wildman–Crippen LogP) is 2.97. The van der Waals surface area contributed by atoms with Crippen LogP contribution in [0.15, 0.2) is 28.9 Å². The van der Waals surface area contributed by atoms with E-state index in [0.29, 0.717) is 5.56 Å². The molecule has 1 aromatic carbocycles. The Hall–Kier alpha value is -2.06. The van der Waals surface area contributed by atoms with Crippen LogP contribution in [0.1, 0.15) is 15.9 Å². The number of benzene rings is 1. The maximum absolute atomic E-state index is 13.9. The molecule has 0 saturated carbocycles. The van der Waals surface area contributed by atoms with Crippen LogP contribution >= 0.6 is 15.9 Å². The first-order chi connectivity index (χ1) is 9.93. The summed E-state index contributed by atoms with van der Waals surface area (Å²) in [6.07, 6.45) is 1.24. The number of nitrogen functional groups attached to an aromatic ring is 1. The van der Waals surface area contributed by atoms with Gasteiger partial charge in [-0.1, -0.05) is 0 Å². The van der Waals surface area contributed by atoms with Crippen molar-refractivity contribution in [2.75, 3.05) is 10.7 Å². The number of carbonyl (C=O) groups is 1. The van der Waals surface area contributed by atoms with Gasteiger partial charge >= 0.3 is 0 Å². The van der Waals surface area contributed by atoms with Gasteiger partial charge in [-0.2, -0.15) is 0 Å². The molecule has 0 aliphatic rings. The van der Waals surface area contributed by atoms with Crippen molar-refractivity contribution in [3.05, 3.63) is 51.6 Å². The van der Waals surface area contributed by atoms with Crippen molar-refractivity contribution in [2.45, 2.75) is 6.92 Å². The van der Waals surface area contributed by atoms with Gasteiger partial charge in [0.1, 0.15) is 5.82 Å². The van der Waals surface area contributed by atoms with E-state index in [9.17, 15) is 13.6 Å². The highest BCUT2D eigenvalue weighted by molar-refractivity contribution is 9.10. The summed E-state index contributed by atoms with van der Waals surface area (Å²) in [5.74, 6) is 2.71. The highest BCUT2D eigenvalue weighted by Gasteiger charge is 2.17. The van der Waals surface area contributed by atoms with E-state index in [2.05, 4.69) is 31.7 Å². The Kier molecular flexibility index (Phi) is 4.49. The molecule has 2 aromatic rings. The Morgan fingerprint density at radius 3 is 2.76 bits per heavy atom. The van der Waals surface area contributed by atoms with Crippen molar-refractivity contribution in [1.29, 1.82) is 0 Å². The van der Waals surface area contributed by atoms with Crippen LogP contribution in [-0.2, 0) is 0 Å². The van der Waals surface area contributed by atoms with Gasteiger partial charge < -0.3 is 10.7 Å². The summed E-state index contributed by atoms with van der Waals surface area (Å²) in [6, 6.07) is 3.87. The lowest BCUT2D eigenvalue weighted by molar-refractivity contribution is 0.102. The zero-order chi connectivity index (χ0) is 15.6. The second-order valence-electron chi connectivity index (χ2n) is 4.20. The number of hydrogen-bond acceptors (Lipinski definition) is 4. The average Bonchev–Trinajstić information content (AvgIpc) is 2.44. The molecule has 1 heterocycles. The number of hydrazine groups is 1. The molecular weight excluding hydrogens is 346 g/mol. The number of rotatable bonds is 3. The molecule has 0 saturated heterocycles. The third-order valence-corrected chi connectivity index (χ3v) is 3.39. The number of aromatic nitrogens is 1.